The number of benzene rings is 1. The van der Waals surface area contributed by atoms with Crippen LogP contribution >= 0.6 is 15.9 Å². The second-order valence-corrected chi connectivity index (χ2v) is 5.75. The molecule has 0 unspecified atom stereocenters. The molecule has 90 valence electrons. The molecule has 0 bridgehead atoms. The summed E-state index contributed by atoms with van der Waals surface area (Å²) in [6, 6.07) is 6.51. The molecule has 0 atom stereocenters. The summed E-state index contributed by atoms with van der Waals surface area (Å²) < 4.78 is 0.958. The van der Waals surface area contributed by atoms with Gasteiger partial charge in [0.2, 0.25) is 0 Å². The Kier molecular flexibility index (Phi) is 2.71. The molecule has 0 radical (unpaired) electrons. The van der Waals surface area contributed by atoms with Gasteiger partial charge in [0.25, 0.3) is 0 Å². The molecular weight excluding hydrogens is 278 g/mol. The summed E-state index contributed by atoms with van der Waals surface area (Å²) in [6.07, 6.45) is 5.01. The summed E-state index contributed by atoms with van der Waals surface area (Å²) in [7, 11) is 0. The third-order valence-corrected chi connectivity index (χ3v) is 4.68. The number of nitrogens with two attached hydrogens (primary N) is 1. The first kappa shape index (κ1) is 11.2. The molecule has 3 nitrogen and oxygen atoms in total. The van der Waals surface area contributed by atoms with E-state index in [4.69, 9.17) is 5.73 Å². The summed E-state index contributed by atoms with van der Waals surface area (Å²) in [6.45, 7) is 0.744. The minimum Gasteiger partial charge on any atom is -0.330 e. The highest BCUT2D eigenvalue weighted by Crippen LogP contribution is 2.41. The van der Waals surface area contributed by atoms with E-state index in [9.17, 15) is 0 Å². The third-order valence-electron chi connectivity index (χ3n) is 4.07. The fourth-order valence-electron chi connectivity index (χ4n) is 2.97. The van der Waals surface area contributed by atoms with Gasteiger partial charge in [-0.25, -0.2) is 0 Å². The van der Waals surface area contributed by atoms with Gasteiger partial charge in [0, 0.05) is 17.3 Å². The quantitative estimate of drug-likeness (QED) is 0.894. The van der Waals surface area contributed by atoms with Gasteiger partial charge in [-0.15, -0.1) is 0 Å². The van der Waals surface area contributed by atoms with E-state index < -0.39 is 0 Å². The Labute approximate surface area is 109 Å². The summed E-state index contributed by atoms with van der Waals surface area (Å²) >= 11 is 3.50. The number of H-pyrrole nitrogens is 1. The molecule has 3 rings (SSSR count). The van der Waals surface area contributed by atoms with Crippen molar-refractivity contribution in [3.63, 3.8) is 0 Å². The van der Waals surface area contributed by atoms with E-state index in [1.165, 1.54) is 31.2 Å². The van der Waals surface area contributed by atoms with Crippen LogP contribution in [0.1, 0.15) is 31.2 Å². The van der Waals surface area contributed by atoms with E-state index in [0.29, 0.717) is 0 Å². The first-order chi connectivity index (χ1) is 8.25. The normalized spacial score (nSPS) is 18.9. The van der Waals surface area contributed by atoms with Crippen molar-refractivity contribution in [3.05, 3.63) is 28.4 Å². The number of aromatic amines is 1. The molecule has 4 heteroatoms. The minimum atomic E-state index is 0.199. The molecule has 1 fully saturated rings. The summed E-state index contributed by atoms with van der Waals surface area (Å²) in [4.78, 5) is 0. The van der Waals surface area contributed by atoms with E-state index in [-0.39, 0.29) is 5.41 Å². The van der Waals surface area contributed by atoms with Crippen LogP contribution in [0.4, 0.5) is 0 Å². The molecule has 0 aliphatic heterocycles. The van der Waals surface area contributed by atoms with Crippen LogP contribution in [-0.4, -0.2) is 16.7 Å². The Morgan fingerprint density at radius 2 is 2.12 bits per heavy atom. The molecule has 1 aromatic heterocycles. The smallest absolute Gasteiger partial charge is 0.108 e. The lowest BCUT2D eigenvalue weighted by atomic mass is 9.79. The van der Waals surface area contributed by atoms with Crippen molar-refractivity contribution in [2.24, 2.45) is 5.73 Å². The first-order valence-corrected chi connectivity index (χ1v) is 6.89. The zero-order valence-electron chi connectivity index (χ0n) is 9.67. The second kappa shape index (κ2) is 4.10. The van der Waals surface area contributed by atoms with Crippen LogP contribution in [0.5, 0.6) is 0 Å². The molecule has 17 heavy (non-hydrogen) atoms. The molecule has 0 amide bonds. The molecule has 0 spiro atoms. The maximum Gasteiger partial charge on any atom is 0.108 e. The number of rotatable bonds is 2. The van der Waals surface area contributed by atoms with Gasteiger partial charge < -0.3 is 5.73 Å². The number of aromatic nitrogens is 2. The summed E-state index contributed by atoms with van der Waals surface area (Å²) in [5, 5.41) is 8.35. The van der Waals surface area contributed by atoms with E-state index in [1.807, 2.05) is 0 Å². The Balaban J connectivity index is 2.13. The standard InChI is InChI=1S/C13H16BrN3/c14-12-10-7-9(3-4-11(10)16-17-12)13(8-15)5-1-2-6-13/h3-4,7H,1-2,5-6,8,15H2,(H,16,17). The van der Waals surface area contributed by atoms with Crippen LogP contribution in [0.2, 0.25) is 0 Å². The van der Waals surface area contributed by atoms with Gasteiger partial charge >= 0.3 is 0 Å². The van der Waals surface area contributed by atoms with Gasteiger partial charge in [0.05, 0.1) is 5.52 Å². The van der Waals surface area contributed by atoms with Crippen LogP contribution in [0.3, 0.4) is 0 Å². The van der Waals surface area contributed by atoms with E-state index in [2.05, 4.69) is 44.3 Å². The van der Waals surface area contributed by atoms with Crippen LogP contribution in [0.15, 0.2) is 22.8 Å². The summed E-state index contributed by atoms with van der Waals surface area (Å²) in [5.74, 6) is 0. The Bertz CT molecular complexity index is 541. The number of hydrogen-bond acceptors (Lipinski definition) is 2. The maximum absolute atomic E-state index is 6.02. The number of halogens is 1. The molecule has 2 aromatic rings. The van der Waals surface area contributed by atoms with Crippen molar-refractivity contribution in [3.8, 4) is 0 Å². The van der Waals surface area contributed by atoms with E-state index in [0.717, 1.165) is 22.1 Å². The number of nitrogens with zero attached hydrogens (tertiary/aromatic N) is 1. The van der Waals surface area contributed by atoms with Gasteiger partial charge in [0.15, 0.2) is 0 Å². The third kappa shape index (κ3) is 1.70. The van der Waals surface area contributed by atoms with Crippen molar-refractivity contribution in [2.45, 2.75) is 31.1 Å². The van der Waals surface area contributed by atoms with Crippen LogP contribution in [-0.2, 0) is 5.41 Å². The predicted octanol–water partition coefficient (Wildman–Crippen LogP) is 3.10. The lowest BCUT2D eigenvalue weighted by molar-refractivity contribution is 0.453. The lowest BCUT2D eigenvalue weighted by Gasteiger charge is -2.27. The highest BCUT2D eigenvalue weighted by molar-refractivity contribution is 9.10. The van der Waals surface area contributed by atoms with Crippen LogP contribution in [0.25, 0.3) is 10.9 Å². The Morgan fingerprint density at radius 3 is 2.82 bits per heavy atom. The van der Waals surface area contributed by atoms with Crippen molar-refractivity contribution in [1.29, 1.82) is 0 Å². The number of fused-ring (bicyclic) bond motifs is 1. The number of nitrogens with one attached hydrogen (secondary N) is 1. The molecule has 3 N–H and O–H groups in total. The first-order valence-electron chi connectivity index (χ1n) is 6.09. The maximum atomic E-state index is 6.02. The lowest BCUT2D eigenvalue weighted by Crippen LogP contribution is -2.31. The van der Waals surface area contributed by atoms with E-state index in [1.54, 1.807) is 0 Å². The van der Waals surface area contributed by atoms with Gasteiger partial charge in [-0.3, -0.25) is 5.10 Å². The average Bonchev–Trinajstić information content (AvgIpc) is 2.97. The van der Waals surface area contributed by atoms with Crippen molar-refractivity contribution in [1.82, 2.24) is 10.2 Å². The zero-order valence-corrected chi connectivity index (χ0v) is 11.3. The van der Waals surface area contributed by atoms with Gasteiger partial charge in [-0.1, -0.05) is 18.9 Å². The molecular formula is C13H16BrN3. The van der Waals surface area contributed by atoms with Gasteiger partial charge in [-0.05, 0) is 46.5 Å². The molecule has 1 saturated carbocycles. The molecule has 1 aromatic carbocycles. The number of hydrogen-bond donors (Lipinski definition) is 2. The predicted molar refractivity (Wildman–Crippen MR) is 73.0 cm³/mol. The largest absolute Gasteiger partial charge is 0.330 e. The summed E-state index contributed by atoms with van der Waals surface area (Å²) in [5.41, 5.74) is 8.60. The highest BCUT2D eigenvalue weighted by atomic mass is 79.9. The second-order valence-electron chi connectivity index (χ2n) is 4.96. The van der Waals surface area contributed by atoms with E-state index >= 15 is 0 Å². The molecule has 1 aliphatic rings. The SMILES string of the molecule is NCC1(c2ccc3n[nH]c(Br)c3c2)CCCC1. The topological polar surface area (TPSA) is 54.7 Å². The monoisotopic (exact) mass is 293 g/mol. The highest BCUT2D eigenvalue weighted by Gasteiger charge is 2.34. The molecule has 1 heterocycles. The molecule has 1 aliphatic carbocycles. The van der Waals surface area contributed by atoms with Gasteiger partial charge in [-0.2, -0.15) is 5.10 Å². The fourth-order valence-corrected chi connectivity index (χ4v) is 3.38. The average molecular weight is 294 g/mol. The van der Waals surface area contributed by atoms with Crippen LogP contribution < -0.4 is 5.73 Å². The van der Waals surface area contributed by atoms with Crippen molar-refractivity contribution < 1.29 is 0 Å². The van der Waals surface area contributed by atoms with Crippen molar-refractivity contribution >= 4 is 26.8 Å². The van der Waals surface area contributed by atoms with Crippen LogP contribution in [0, 0.1) is 0 Å². The Hall–Kier alpha value is -0.870. The zero-order chi connectivity index (χ0) is 11.9. The Morgan fingerprint density at radius 1 is 1.35 bits per heavy atom. The van der Waals surface area contributed by atoms with Gasteiger partial charge in [0.1, 0.15) is 4.60 Å². The minimum absolute atomic E-state index is 0.199. The fraction of sp³-hybridized carbons (Fsp3) is 0.462. The molecule has 0 saturated heterocycles. The van der Waals surface area contributed by atoms with Crippen molar-refractivity contribution in [2.75, 3.05) is 6.54 Å².